The van der Waals surface area contributed by atoms with Gasteiger partial charge in [-0.3, -0.25) is 4.79 Å². The highest BCUT2D eigenvalue weighted by molar-refractivity contribution is 7.88. The van der Waals surface area contributed by atoms with E-state index in [0.29, 0.717) is 24.4 Å². The van der Waals surface area contributed by atoms with Crippen molar-refractivity contribution in [3.8, 4) is 11.5 Å². The average Bonchev–Trinajstić information content (AvgIpc) is 2.60. The van der Waals surface area contributed by atoms with Gasteiger partial charge in [-0.25, -0.2) is 8.42 Å². The molecule has 0 fully saturated rings. The van der Waals surface area contributed by atoms with E-state index in [1.54, 1.807) is 24.3 Å². The van der Waals surface area contributed by atoms with Gasteiger partial charge in [0.2, 0.25) is 15.9 Å². The number of para-hydroxylation sites is 1. The number of anilines is 1. The van der Waals surface area contributed by atoms with Crippen molar-refractivity contribution in [3.05, 3.63) is 54.6 Å². The van der Waals surface area contributed by atoms with Gasteiger partial charge in [0.15, 0.2) is 0 Å². The van der Waals surface area contributed by atoms with Crippen molar-refractivity contribution >= 4 is 21.6 Å². The highest BCUT2D eigenvalue weighted by atomic mass is 32.2. The molecule has 7 heteroatoms. The second kappa shape index (κ2) is 9.35. The quantitative estimate of drug-likeness (QED) is 0.727. The van der Waals surface area contributed by atoms with Crippen LogP contribution >= 0.6 is 0 Å². The van der Waals surface area contributed by atoms with E-state index in [1.807, 2.05) is 37.3 Å². The zero-order valence-corrected chi connectivity index (χ0v) is 15.8. The highest BCUT2D eigenvalue weighted by Gasteiger charge is 2.19. The summed E-state index contributed by atoms with van der Waals surface area (Å²) in [5.41, 5.74) is 0.583. The summed E-state index contributed by atoms with van der Waals surface area (Å²) in [5, 5.41) is 2.71. The van der Waals surface area contributed by atoms with Crippen molar-refractivity contribution in [2.75, 3.05) is 24.7 Å². The number of sulfonamides is 1. The molecule has 2 aromatic carbocycles. The molecule has 0 radical (unpaired) electrons. The Morgan fingerprint density at radius 3 is 2.23 bits per heavy atom. The molecule has 0 aromatic heterocycles. The predicted octanol–water partition coefficient (Wildman–Crippen LogP) is 3.48. The maximum absolute atomic E-state index is 12.2. The molecule has 6 nitrogen and oxygen atoms in total. The number of hydrogen-bond acceptors (Lipinski definition) is 4. The van der Waals surface area contributed by atoms with Gasteiger partial charge in [-0.1, -0.05) is 31.5 Å². The number of nitrogens with one attached hydrogen (secondary N) is 1. The molecule has 0 atom stereocenters. The van der Waals surface area contributed by atoms with Gasteiger partial charge < -0.3 is 10.1 Å². The van der Waals surface area contributed by atoms with E-state index in [2.05, 4.69) is 5.32 Å². The summed E-state index contributed by atoms with van der Waals surface area (Å²) in [7, 11) is -3.41. The molecule has 0 saturated carbocycles. The number of ether oxygens (including phenoxy) is 1. The molecule has 140 valence electrons. The van der Waals surface area contributed by atoms with Gasteiger partial charge in [-0.2, -0.15) is 4.31 Å². The van der Waals surface area contributed by atoms with E-state index in [1.165, 1.54) is 4.31 Å². The SMILES string of the molecule is CCCCN(CC(=O)Nc1ccc(Oc2ccccc2)cc1)S(C)(=O)=O. The van der Waals surface area contributed by atoms with Crippen LogP contribution in [0.5, 0.6) is 11.5 Å². The summed E-state index contributed by atoms with van der Waals surface area (Å²) < 4.78 is 30.4. The van der Waals surface area contributed by atoms with E-state index < -0.39 is 10.0 Å². The standard InChI is InChI=1S/C19H24N2O4S/c1-3-4-14-21(26(2,23)24)15-19(22)20-16-10-12-18(13-11-16)25-17-8-6-5-7-9-17/h5-13H,3-4,14-15H2,1-2H3,(H,20,22). The Kier molecular flexibility index (Phi) is 7.17. The predicted molar refractivity (Wildman–Crippen MR) is 103 cm³/mol. The third-order valence-electron chi connectivity index (χ3n) is 3.67. The lowest BCUT2D eigenvalue weighted by Gasteiger charge is -2.19. The zero-order valence-electron chi connectivity index (χ0n) is 15.0. The first kappa shape index (κ1) is 19.9. The largest absolute Gasteiger partial charge is 0.457 e. The maximum Gasteiger partial charge on any atom is 0.239 e. The monoisotopic (exact) mass is 376 g/mol. The number of nitrogens with zero attached hydrogens (tertiary/aromatic N) is 1. The lowest BCUT2D eigenvalue weighted by atomic mass is 10.3. The molecule has 1 amide bonds. The van der Waals surface area contributed by atoms with E-state index in [-0.39, 0.29) is 12.5 Å². The Morgan fingerprint density at radius 1 is 1.04 bits per heavy atom. The van der Waals surface area contributed by atoms with E-state index in [0.717, 1.165) is 18.4 Å². The summed E-state index contributed by atoms with van der Waals surface area (Å²) in [6, 6.07) is 16.3. The van der Waals surface area contributed by atoms with Crippen molar-refractivity contribution in [2.45, 2.75) is 19.8 Å². The number of benzene rings is 2. The molecule has 0 aliphatic rings. The Bertz CT molecular complexity index is 805. The van der Waals surface area contributed by atoms with Crippen LogP contribution in [0.4, 0.5) is 5.69 Å². The van der Waals surface area contributed by atoms with Gasteiger partial charge in [0.05, 0.1) is 12.8 Å². The van der Waals surface area contributed by atoms with Crippen LogP contribution in [-0.2, 0) is 14.8 Å². The van der Waals surface area contributed by atoms with Gasteiger partial charge in [-0.05, 0) is 42.8 Å². The Hall–Kier alpha value is -2.38. The first-order valence-corrected chi connectivity index (χ1v) is 10.3. The van der Waals surface area contributed by atoms with E-state index in [4.69, 9.17) is 4.74 Å². The molecule has 0 bridgehead atoms. The topological polar surface area (TPSA) is 75.7 Å². The molecule has 0 saturated heterocycles. The Labute approximate surface area is 154 Å². The summed E-state index contributed by atoms with van der Waals surface area (Å²) in [4.78, 5) is 12.2. The van der Waals surface area contributed by atoms with Gasteiger partial charge >= 0.3 is 0 Å². The lowest BCUT2D eigenvalue weighted by Crippen LogP contribution is -2.37. The van der Waals surface area contributed by atoms with Crippen LogP contribution in [0.3, 0.4) is 0 Å². The van der Waals surface area contributed by atoms with Crippen LogP contribution in [0.2, 0.25) is 0 Å². The first-order chi connectivity index (χ1) is 12.4. The summed E-state index contributed by atoms with van der Waals surface area (Å²) in [5.74, 6) is 1.00. The smallest absolute Gasteiger partial charge is 0.239 e. The molecule has 0 aliphatic heterocycles. The second-order valence-corrected chi connectivity index (χ2v) is 7.92. The number of unbranched alkanes of at least 4 members (excludes halogenated alkanes) is 1. The summed E-state index contributed by atoms with van der Waals surface area (Å²) in [6.07, 6.45) is 2.69. The van der Waals surface area contributed by atoms with Crippen LogP contribution in [0, 0.1) is 0 Å². The van der Waals surface area contributed by atoms with Crippen LogP contribution in [-0.4, -0.2) is 38.0 Å². The van der Waals surface area contributed by atoms with Crippen molar-refractivity contribution in [1.82, 2.24) is 4.31 Å². The molecule has 2 aromatic rings. The third kappa shape index (κ3) is 6.50. The Morgan fingerprint density at radius 2 is 1.65 bits per heavy atom. The van der Waals surface area contributed by atoms with Crippen LogP contribution < -0.4 is 10.1 Å². The molecule has 1 N–H and O–H groups in total. The number of amides is 1. The molecule has 2 rings (SSSR count). The minimum atomic E-state index is -3.41. The first-order valence-electron chi connectivity index (χ1n) is 8.46. The van der Waals surface area contributed by atoms with Crippen molar-refractivity contribution in [1.29, 1.82) is 0 Å². The highest BCUT2D eigenvalue weighted by Crippen LogP contribution is 2.22. The van der Waals surface area contributed by atoms with E-state index in [9.17, 15) is 13.2 Å². The van der Waals surface area contributed by atoms with Crippen molar-refractivity contribution in [2.24, 2.45) is 0 Å². The molecular formula is C19H24N2O4S. The lowest BCUT2D eigenvalue weighted by molar-refractivity contribution is -0.116. The van der Waals surface area contributed by atoms with Crippen LogP contribution in [0.25, 0.3) is 0 Å². The normalized spacial score (nSPS) is 11.3. The molecule has 0 aliphatic carbocycles. The number of carbonyl (C=O) groups excluding carboxylic acids is 1. The third-order valence-corrected chi connectivity index (χ3v) is 4.92. The van der Waals surface area contributed by atoms with E-state index >= 15 is 0 Å². The van der Waals surface area contributed by atoms with Gasteiger partial charge in [-0.15, -0.1) is 0 Å². The van der Waals surface area contributed by atoms with Gasteiger partial charge in [0, 0.05) is 12.2 Å². The zero-order chi connectivity index (χ0) is 19.0. The molecular weight excluding hydrogens is 352 g/mol. The van der Waals surface area contributed by atoms with Crippen molar-refractivity contribution in [3.63, 3.8) is 0 Å². The minimum absolute atomic E-state index is 0.193. The molecule has 0 heterocycles. The van der Waals surface area contributed by atoms with Crippen molar-refractivity contribution < 1.29 is 17.9 Å². The fraction of sp³-hybridized carbons (Fsp3) is 0.316. The van der Waals surface area contributed by atoms with Crippen LogP contribution in [0.15, 0.2) is 54.6 Å². The number of rotatable bonds is 9. The maximum atomic E-state index is 12.2. The fourth-order valence-corrected chi connectivity index (χ4v) is 3.10. The number of hydrogen-bond donors (Lipinski definition) is 1. The summed E-state index contributed by atoms with van der Waals surface area (Å²) in [6.45, 7) is 2.12. The molecule has 26 heavy (non-hydrogen) atoms. The van der Waals surface area contributed by atoms with Gasteiger partial charge in [0.1, 0.15) is 11.5 Å². The van der Waals surface area contributed by atoms with Gasteiger partial charge in [0.25, 0.3) is 0 Å². The second-order valence-electron chi connectivity index (χ2n) is 5.94. The van der Waals surface area contributed by atoms with Crippen LogP contribution in [0.1, 0.15) is 19.8 Å². The fourth-order valence-electron chi connectivity index (χ4n) is 2.29. The molecule has 0 spiro atoms. The average molecular weight is 376 g/mol. The summed E-state index contributed by atoms with van der Waals surface area (Å²) >= 11 is 0. The minimum Gasteiger partial charge on any atom is -0.457 e. The molecule has 0 unspecified atom stereocenters. The Balaban J connectivity index is 1.94. The number of carbonyl (C=O) groups is 1.